The number of hydrogen-bond acceptors (Lipinski definition) is 3. The summed E-state index contributed by atoms with van der Waals surface area (Å²) in [5, 5.41) is 12.0. The lowest BCUT2D eigenvalue weighted by atomic mass is 9.99. The fourth-order valence-corrected chi connectivity index (χ4v) is 3.88. The molecule has 1 atom stereocenters. The van der Waals surface area contributed by atoms with Crippen LogP contribution in [0.1, 0.15) is 29.0 Å². The minimum Gasteiger partial charge on any atom is -0.363 e. The predicted molar refractivity (Wildman–Crippen MR) is 80.0 cm³/mol. The highest BCUT2D eigenvalue weighted by Gasteiger charge is 2.26. The Bertz CT molecular complexity index is 656. The first-order valence-corrected chi connectivity index (χ1v) is 7.49. The van der Waals surface area contributed by atoms with Crippen LogP contribution in [0.4, 0.5) is 5.69 Å². The van der Waals surface area contributed by atoms with E-state index in [1.807, 2.05) is 23.5 Å². The Balaban J connectivity index is 2.06. The van der Waals surface area contributed by atoms with Gasteiger partial charge in [0, 0.05) is 11.4 Å². The van der Waals surface area contributed by atoms with Crippen molar-refractivity contribution < 1.29 is 0 Å². The maximum absolute atomic E-state index is 9.31. The molecule has 0 radical (unpaired) electrons. The molecule has 1 aromatic heterocycles. The summed E-state index contributed by atoms with van der Waals surface area (Å²) in [5.74, 6) is 0. The van der Waals surface area contributed by atoms with E-state index in [1.54, 1.807) is 6.07 Å². The lowest BCUT2D eigenvalue weighted by Gasteiger charge is -2.36. The zero-order valence-corrected chi connectivity index (χ0v) is 12.1. The number of benzene rings is 1. The Labute approximate surface area is 121 Å². The van der Waals surface area contributed by atoms with E-state index in [2.05, 4.69) is 29.3 Å². The van der Waals surface area contributed by atoms with Gasteiger partial charge in [-0.3, -0.25) is 0 Å². The van der Waals surface area contributed by atoms with E-state index < -0.39 is 0 Å². The second kappa shape index (κ2) is 4.88. The van der Waals surface area contributed by atoms with Crippen LogP contribution in [0.15, 0.2) is 29.6 Å². The Kier molecular flexibility index (Phi) is 3.22. The number of anilines is 1. The first-order valence-electron chi connectivity index (χ1n) is 6.24. The second-order valence-electron chi connectivity index (χ2n) is 4.66. The normalized spacial score (nSPS) is 17.9. The van der Waals surface area contributed by atoms with E-state index in [-0.39, 0.29) is 0 Å². The predicted octanol–water partition coefficient (Wildman–Crippen LogP) is 4.40. The number of fused-ring (bicyclic) bond motifs is 1. The number of nitrogens with zero attached hydrogens (tertiary/aromatic N) is 2. The smallest absolute Gasteiger partial charge is 0.103 e. The summed E-state index contributed by atoms with van der Waals surface area (Å²) in [6.07, 6.45) is 1.04. The van der Waals surface area contributed by atoms with Crippen molar-refractivity contribution in [2.24, 2.45) is 0 Å². The van der Waals surface area contributed by atoms with Gasteiger partial charge in [-0.25, -0.2) is 0 Å². The van der Waals surface area contributed by atoms with Gasteiger partial charge in [0.05, 0.1) is 22.3 Å². The molecule has 1 aromatic carbocycles. The highest BCUT2D eigenvalue weighted by Crippen LogP contribution is 2.38. The highest BCUT2D eigenvalue weighted by molar-refractivity contribution is 7.10. The number of hydrogen-bond donors (Lipinski definition) is 0. The van der Waals surface area contributed by atoms with Gasteiger partial charge < -0.3 is 4.90 Å². The van der Waals surface area contributed by atoms with Crippen LogP contribution in [0.5, 0.6) is 0 Å². The molecule has 1 aliphatic rings. The number of thiophene rings is 1. The Morgan fingerprint density at radius 1 is 1.42 bits per heavy atom. The lowest BCUT2D eigenvalue weighted by molar-refractivity contribution is 0.632. The van der Waals surface area contributed by atoms with Crippen LogP contribution >= 0.6 is 22.9 Å². The van der Waals surface area contributed by atoms with Crippen molar-refractivity contribution in [3.8, 4) is 6.07 Å². The molecule has 0 fully saturated rings. The molecule has 3 rings (SSSR count). The van der Waals surface area contributed by atoms with Crippen molar-refractivity contribution in [1.29, 1.82) is 5.26 Å². The fraction of sp³-hybridized carbons (Fsp3) is 0.267. The molecule has 0 amide bonds. The summed E-state index contributed by atoms with van der Waals surface area (Å²) in [5.41, 5.74) is 2.90. The van der Waals surface area contributed by atoms with Crippen molar-refractivity contribution in [3.05, 3.63) is 50.7 Å². The largest absolute Gasteiger partial charge is 0.363 e. The van der Waals surface area contributed by atoms with Crippen molar-refractivity contribution in [2.45, 2.75) is 19.4 Å². The van der Waals surface area contributed by atoms with Crippen LogP contribution in [0.2, 0.25) is 5.02 Å². The van der Waals surface area contributed by atoms with Gasteiger partial charge >= 0.3 is 0 Å². The van der Waals surface area contributed by atoms with Crippen LogP contribution in [-0.2, 0) is 6.42 Å². The van der Waals surface area contributed by atoms with Crippen molar-refractivity contribution in [2.75, 3.05) is 11.4 Å². The molecule has 19 heavy (non-hydrogen) atoms. The van der Waals surface area contributed by atoms with Crippen molar-refractivity contribution >= 4 is 28.6 Å². The summed E-state index contributed by atoms with van der Waals surface area (Å²) in [4.78, 5) is 3.74. The molecule has 2 nitrogen and oxygen atoms in total. The highest BCUT2D eigenvalue weighted by atomic mass is 35.5. The zero-order valence-electron chi connectivity index (χ0n) is 10.6. The molecule has 0 aliphatic carbocycles. The first-order chi connectivity index (χ1) is 9.22. The summed E-state index contributed by atoms with van der Waals surface area (Å²) < 4.78 is 0. The second-order valence-corrected chi connectivity index (χ2v) is 6.07. The number of rotatable bonds is 1. The Hall–Kier alpha value is -1.50. The van der Waals surface area contributed by atoms with Crippen LogP contribution < -0.4 is 4.90 Å². The molecule has 0 saturated heterocycles. The van der Waals surface area contributed by atoms with E-state index >= 15 is 0 Å². The number of halogens is 1. The fourth-order valence-electron chi connectivity index (χ4n) is 2.70. The third kappa shape index (κ3) is 2.01. The summed E-state index contributed by atoms with van der Waals surface area (Å²) in [6, 6.07) is 10.4. The van der Waals surface area contributed by atoms with Gasteiger partial charge in [-0.05, 0) is 42.5 Å². The molecular weight excluding hydrogens is 276 g/mol. The summed E-state index contributed by atoms with van der Waals surface area (Å²) in [7, 11) is 0. The van der Waals surface area contributed by atoms with Crippen LogP contribution in [0, 0.1) is 11.3 Å². The van der Waals surface area contributed by atoms with Gasteiger partial charge in [0.1, 0.15) is 6.07 Å². The Morgan fingerprint density at radius 3 is 3.05 bits per heavy atom. The molecule has 1 aliphatic heterocycles. The van der Waals surface area contributed by atoms with Gasteiger partial charge in [-0.15, -0.1) is 11.3 Å². The van der Waals surface area contributed by atoms with Crippen LogP contribution in [-0.4, -0.2) is 6.54 Å². The average Bonchev–Trinajstić information content (AvgIpc) is 2.88. The van der Waals surface area contributed by atoms with E-state index in [1.165, 1.54) is 10.4 Å². The standard InChI is InChI=1S/C15H13ClN2S/c1-10-11-6-8-19-15(11)5-7-18(10)14-4-2-3-13(16)12(14)9-17/h2-4,6,8,10H,5,7H2,1H3. The molecule has 96 valence electrons. The topological polar surface area (TPSA) is 27.0 Å². The molecule has 2 aromatic rings. The number of nitriles is 1. The zero-order chi connectivity index (χ0) is 13.4. The van der Waals surface area contributed by atoms with Crippen LogP contribution in [0.3, 0.4) is 0 Å². The Morgan fingerprint density at radius 2 is 2.26 bits per heavy atom. The summed E-state index contributed by atoms with van der Waals surface area (Å²) in [6.45, 7) is 3.12. The van der Waals surface area contributed by atoms with Gasteiger partial charge in [0.25, 0.3) is 0 Å². The van der Waals surface area contributed by atoms with Gasteiger partial charge in [-0.2, -0.15) is 5.26 Å². The monoisotopic (exact) mass is 288 g/mol. The molecule has 0 spiro atoms. The summed E-state index contributed by atoms with van der Waals surface area (Å²) >= 11 is 7.95. The molecular formula is C15H13ClN2S. The molecule has 0 N–H and O–H groups in total. The minimum absolute atomic E-state index is 0.292. The van der Waals surface area contributed by atoms with E-state index in [0.717, 1.165) is 18.7 Å². The minimum atomic E-state index is 0.292. The first kappa shape index (κ1) is 12.5. The van der Waals surface area contributed by atoms with Crippen molar-refractivity contribution in [1.82, 2.24) is 0 Å². The quantitative estimate of drug-likeness (QED) is 0.778. The third-order valence-corrected chi connectivity index (χ3v) is 5.00. The molecule has 0 bridgehead atoms. The lowest BCUT2D eigenvalue weighted by Crippen LogP contribution is -2.33. The average molecular weight is 289 g/mol. The van der Waals surface area contributed by atoms with Crippen LogP contribution in [0.25, 0.3) is 0 Å². The van der Waals surface area contributed by atoms with Crippen molar-refractivity contribution in [3.63, 3.8) is 0 Å². The molecule has 1 unspecified atom stereocenters. The molecule has 0 saturated carbocycles. The van der Waals surface area contributed by atoms with Gasteiger partial charge in [0.15, 0.2) is 0 Å². The molecule has 2 heterocycles. The van der Waals surface area contributed by atoms with Gasteiger partial charge in [-0.1, -0.05) is 17.7 Å². The molecule has 4 heteroatoms. The van der Waals surface area contributed by atoms with E-state index in [0.29, 0.717) is 16.6 Å². The maximum atomic E-state index is 9.31. The van der Waals surface area contributed by atoms with Gasteiger partial charge in [0.2, 0.25) is 0 Å². The van der Waals surface area contributed by atoms with E-state index in [9.17, 15) is 5.26 Å². The maximum Gasteiger partial charge on any atom is 0.103 e. The third-order valence-electron chi connectivity index (χ3n) is 3.69. The van der Waals surface area contributed by atoms with E-state index in [4.69, 9.17) is 11.6 Å². The SMILES string of the molecule is CC1c2ccsc2CCN1c1cccc(Cl)c1C#N.